The van der Waals surface area contributed by atoms with Gasteiger partial charge in [0.15, 0.2) is 0 Å². The normalized spacial score (nSPS) is 19.0. The molecule has 1 aliphatic heterocycles. The zero-order valence-corrected chi connectivity index (χ0v) is 24.7. The molecule has 2 aromatic rings. The van der Waals surface area contributed by atoms with Crippen LogP contribution in [0.5, 0.6) is 5.75 Å². The fraction of sp³-hybridized carbons (Fsp3) is 0.542. The quantitative estimate of drug-likeness (QED) is 0.350. The summed E-state index contributed by atoms with van der Waals surface area (Å²) < 4.78 is 144. The number of halogens is 8. The molecule has 12 nitrogen and oxygen atoms in total. The zero-order valence-electron chi connectivity index (χ0n) is 23.9. The Balaban J connectivity index is 2.04. The van der Waals surface area contributed by atoms with Gasteiger partial charge in [0.2, 0.25) is 11.2 Å². The summed E-state index contributed by atoms with van der Waals surface area (Å²) in [5.41, 5.74) is -7.82. The number of hydrogen-bond acceptors (Lipinski definition) is 8. The van der Waals surface area contributed by atoms with Crippen LogP contribution in [0.15, 0.2) is 29.3 Å². The standard InChI is InChI=1S/C24H27F8N5O7S/c1-11-17(10-36(35-11)19(25)26)45(41,42)37-12(2)16(9-33-18(38)22(5,40)24(30,31)32)43-15-7-6-13(8-14(15)37)34-20(39)44-21(3,4)23(27,28)29/h6-8,10,12,16,19,40H,9H2,1-5H3,(H,33,38)(H,34,39). The lowest BCUT2D eigenvalue weighted by Gasteiger charge is -2.41. The molecule has 0 spiro atoms. The summed E-state index contributed by atoms with van der Waals surface area (Å²) in [5, 5.41) is 17.0. The molecule has 0 radical (unpaired) electrons. The number of fused-ring (bicyclic) bond motifs is 1. The Kier molecular flexibility index (Phi) is 9.34. The topological polar surface area (TPSA) is 152 Å². The van der Waals surface area contributed by atoms with Gasteiger partial charge in [-0.3, -0.25) is 14.4 Å². The molecule has 2 amide bonds. The van der Waals surface area contributed by atoms with Crippen molar-refractivity contribution in [3.8, 4) is 5.75 Å². The Morgan fingerprint density at radius 3 is 2.22 bits per heavy atom. The lowest BCUT2D eigenvalue weighted by Crippen LogP contribution is -2.59. The monoisotopic (exact) mass is 681 g/mol. The first kappa shape index (κ1) is 35.6. The highest BCUT2D eigenvalue weighted by atomic mass is 32.2. The highest BCUT2D eigenvalue weighted by Crippen LogP contribution is 2.42. The van der Waals surface area contributed by atoms with E-state index in [0.29, 0.717) is 24.3 Å². The maximum Gasteiger partial charge on any atom is 0.427 e. The highest BCUT2D eigenvalue weighted by molar-refractivity contribution is 7.93. The molecule has 0 aliphatic carbocycles. The fourth-order valence-electron chi connectivity index (χ4n) is 3.91. The van der Waals surface area contributed by atoms with E-state index in [4.69, 9.17) is 4.74 Å². The molecule has 3 unspecified atom stereocenters. The fourth-order valence-corrected chi connectivity index (χ4v) is 5.75. The van der Waals surface area contributed by atoms with Gasteiger partial charge < -0.3 is 19.9 Å². The number of aliphatic hydroxyl groups is 1. The maximum absolute atomic E-state index is 13.9. The third kappa shape index (κ3) is 7.02. The van der Waals surface area contributed by atoms with Gasteiger partial charge in [0, 0.05) is 5.69 Å². The van der Waals surface area contributed by atoms with E-state index >= 15 is 0 Å². The van der Waals surface area contributed by atoms with Gasteiger partial charge >= 0.3 is 25.0 Å². The summed E-state index contributed by atoms with van der Waals surface area (Å²) in [6, 6.07) is 1.62. The van der Waals surface area contributed by atoms with Crippen LogP contribution in [0.4, 0.5) is 51.3 Å². The van der Waals surface area contributed by atoms with Crippen LogP contribution in [0.3, 0.4) is 0 Å². The van der Waals surface area contributed by atoms with Crippen LogP contribution in [0.25, 0.3) is 0 Å². The van der Waals surface area contributed by atoms with Crippen molar-refractivity contribution >= 4 is 33.4 Å². The molecule has 252 valence electrons. The zero-order chi connectivity index (χ0) is 34.5. The second-order valence-electron chi connectivity index (χ2n) is 10.5. The summed E-state index contributed by atoms with van der Waals surface area (Å²) in [5.74, 6) is -2.20. The summed E-state index contributed by atoms with van der Waals surface area (Å²) in [7, 11) is -4.88. The van der Waals surface area contributed by atoms with Gasteiger partial charge in [0.1, 0.15) is 16.7 Å². The minimum absolute atomic E-state index is 0.0571. The van der Waals surface area contributed by atoms with E-state index in [1.807, 2.05) is 10.6 Å². The number of amides is 2. The number of carbonyl (C=O) groups is 2. The van der Waals surface area contributed by atoms with Gasteiger partial charge in [0.05, 0.1) is 30.2 Å². The Morgan fingerprint density at radius 1 is 1.11 bits per heavy atom. The minimum atomic E-state index is -5.37. The molecule has 1 aromatic carbocycles. The maximum atomic E-state index is 13.9. The van der Waals surface area contributed by atoms with E-state index in [-0.39, 0.29) is 34.4 Å². The van der Waals surface area contributed by atoms with Crippen LogP contribution in [-0.4, -0.2) is 77.6 Å². The number of sulfonamides is 1. The van der Waals surface area contributed by atoms with Crippen molar-refractivity contribution < 1.29 is 67.7 Å². The number of aryl methyl sites for hydroxylation is 1. The second kappa shape index (κ2) is 11.8. The van der Waals surface area contributed by atoms with Crippen LogP contribution in [-0.2, 0) is 19.6 Å². The summed E-state index contributed by atoms with van der Waals surface area (Å²) in [4.78, 5) is 23.7. The molecule has 21 heteroatoms. The second-order valence-corrected chi connectivity index (χ2v) is 12.3. The number of benzene rings is 1. The Labute approximate surface area is 250 Å². The van der Waals surface area contributed by atoms with E-state index in [1.165, 1.54) is 6.92 Å². The lowest BCUT2D eigenvalue weighted by molar-refractivity contribution is -0.245. The lowest BCUT2D eigenvalue weighted by atomic mass is 10.0. The smallest absolute Gasteiger partial charge is 0.427 e. The van der Waals surface area contributed by atoms with Crippen LogP contribution in [0.1, 0.15) is 39.9 Å². The van der Waals surface area contributed by atoms with Gasteiger partial charge in [-0.2, -0.15) is 40.2 Å². The van der Waals surface area contributed by atoms with Crippen molar-refractivity contribution in [3.05, 3.63) is 30.1 Å². The predicted molar refractivity (Wildman–Crippen MR) is 138 cm³/mol. The van der Waals surface area contributed by atoms with Gasteiger partial charge in [-0.1, -0.05) is 0 Å². The molecule has 1 aromatic heterocycles. The summed E-state index contributed by atoms with van der Waals surface area (Å²) in [6.07, 6.45) is -12.8. The van der Waals surface area contributed by atoms with E-state index in [9.17, 15) is 58.2 Å². The van der Waals surface area contributed by atoms with Crippen LogP contribution in [0.2, 0.25) is 0 Å². The Hall–Kier alpha value is -3.88. The highest BCUT2D eigenvalue weighted by Gasteiger charge is 2.56. The average Bonchev–Trinajstić information content (AvgIpc) is 3.28. The number of hydrogen-bond donors (Lipinski definition) is 3. The molecular formula is C24H27F8N5O7S. The molecule has 45 heavy (non-hydrogen) atoms. The first-order chi connectivity index (χ1) is 20.3. The van der Waals surface area contributed by atoms with Crippen molar-refractivity contribution in [2.75, 3.05) is 16.2 Å². The van der Waals surface area contributed by atoms with E-state index < -0.39 is 75.7 Å². The summed E-state index contributed by atoms with van der Waals surface area (Å²) in [6.45, 7) is -0.396. The number of anilines is 2. The molecule has 3 rings (SSSR count). The third-order valence-corrected chi connectivity index (χ3v) is 8.73. The number of aromatic nitrogens is 2. The van der Waals surface area contributed by atoms with Crippen molar-refractivity contribution in [3.63, 3.8) is 0 Å². The molecule has 0 saturated heterocycles. The van der Waals surface area contributed by atoms with Gasteiger partial charge in [-0.05, 0) is 52.8 Å². The predicted octanol–water partition coefficient (Wildman–Crippen LogP) is 4.25. The first-order valence-corrected chi connectivity index (χ1v) is 14.1. The van der Waals surface area contributed by atoms with E-state index in [2.05, 4.69) is 9.84 Å². The largest absolute Gasteiger partial charge is 0.484 e. The minimum Gasteiger partial charge on any atom is -0.484 e. The molecule has 0 bridgehead atoms. The average molecular weight is 682 g/mol. The number of ether oxygens (including phenoxy) is 2. The Bertz CT molecular complexity index is 1560. The number of alkyl halides is 8. The van der Waals surface area contributed by atoms with E-state index in [0.717, 1.165) is 25.1 Å². The summed E-state index contributed by atoms with van der Waals surface area (Å²) >= 11 is 0. The van der Waals surface area contributed by atoms with Crippen LogP contribution >= 0.6 is 0 Å². The number of rotatable bonds is 8. The molecule has 2 heterocycles. The van der Waals surface area contributed by atoms with Crippen molar-refractivity contribution in [1.82, 2.24) is 15.1 Å². The van der Waals surface area contributed by atoms with Gasteiger partial charge in [0.25, 0.3) is 15.9 Å². The molecule has 3 atom stereocenters. The van der Waals surface area contributed by atoms with Crippen LogP contribution < -0.4 is 19.7 Å². The SMILES string of the molecule is Cc1nn(C(F)F)cc1S(=O)(=O)N1c2cc(NC(=O)OC(C)(C)C(F)(F)F)ccc2OC(CNC(=O)C(C)(O)C(F)(F)F)C1C. The van der Waals surface area contributed by atoms with Gasteiger partial charge in [-0.25, -0.2) is 17.9 Å². The number of nitrogens with one attached hydrogen (secondary N) is 2. The molecule has 1 aliphatic rings. The van der Waals surface area contributed by atoms with Crippen molar-refractivity contribution in [2.45, 2.75) is 81.8 Å². The Morgan fingerprint density at radius 2 is 1.71 bits per heavy atom. The molecule has 3 N–H and O–H groups in total. The molecule has 0 fully saturated rings. The van der Waals surface area contributed by atoms with Gasteiger partial charge in [-0.15, -0.1) is 0 Å². The molecular weight excluding hydrogens is 654 g/mol. The molecule has 0 saturated carbocycles. The third-order valence-electron chi connectivity index (χ3n) is 6.73. The van der Waals surface area contributed by atoms with Crippen LogP contribution in [0, 0.1) is 6.92 Å². The number of nitrogens with zero attached hydrogens (tertiary/aromatic N) is 3. The van der Waals surface area contributed by atoms with Crippen molar-refractivity contribution in [1.29, 1.82) is 0 Å². The first-order valence-electron chi connectivity index (χ1n) is 12.6. The van der Waals surface area contributed by atoms with E-state index in [1.54, 1.807) is 0 Å². The number of carbonyl (C=O) groups excluding carboxylic acids is 2. The van der Waals surface area contributed by atoms with Crippen molar-refractivity contribution in [2.24, 2.45) is 0 Å².